The van der Waals surface area contributed by atoms with E-state index < -0.39 is 34.4 Å². The smallest absolute Gasteiger partial charge is 0.342 e. The van der Waals surface area contributed by atoms with Crippen molar-refractivity contribution in [3.05, 3.63) is 43.2 Å². The Labute approximate surface area is 136 Å². The molecule has 0 aliphatic heterocycles. The normalized spacial score (nSPS) is 10.4. The van der Waals surface area contributed by atoms with Gasteiger partial charge in [0.05, 0.1) is 0 Å². The number of pyridine rings is 1. The van der Waals surface area contributed by atoms with Gasteiger partial charge in [0, 0.05) is 14.7 Å². The number of halogens is 1. The van der Waals surface area contributed by atoms with Crippen LogP contribution in [0.2, 0.25) is 0 Å². The molecule has 0 saturated carbocycles. The summed E-state index contributed by atoms with van der Waals surface area (Å²) in [6.07, 6.45) is 0. The van der Waals surface area contributed by atoms with Gasteiger partial charge >= 0.3 is 11.9 Å². The Hall–Kier alpha value is -2.56. The summed E-state index contributed by atoms with van der Waals surface area (Å²) in [4.78, 5) is 36.7. The maximum atomic E-state index is 11.9. The van der Waals surface area contributed by atoms with Crippen LogP contribution in [0.4, 0.5) is 5.82 Å². The van der Waals surface area contributed by atoms with E-state index in [1.165, 1.54) is 18.2 Å². The van der Waals surface area contributed by atoms with Crippen molar-refractivity contribution in [2.75, 3.05) is 5.73 Å². The van der Waals surface area contributed by atoms with Gasteiger partial charge in [-0.3, -0.25) is 4.79 Å². The summed E-state index contributed by atoms with van der Waals surface area (Å²) in [5.41, 5.74) is 2.95. The Balaban J connectivity index is 3.06. The fraction of sp³-hybridized carbons (Fsp3) is 0. The molecule has 2 rings (SSSR count). The number of phenolic OH excluding ortho intramolecular Hbond substituents is 1. The number of H-pyrrole nitrogens is 1. The van der Waals surface area contributed by atoms with Crippen LogP contribution in [0.3, 0.4) is 0 Å². The first kappa shape index (κ1) is 15.8. The molecule has 1 aromatic carbocycles. The molecular formula is C13H9IN2O6. The molecule has 0 aliphatic carbocycles. The molecule has 0 spiro atoms. The topological polar surface area (TPSA) is 154 Å². The average Bonchev–Trinajstić information content (AvgIpc) is 2.39. The van der Waals surface area contributed by atoms with Crippen LogP contribution >= 0.6 is 22.6 Å². The number of benzene rings is 1. The number of rotatable bonds is 3. The number of nitrogens with one attached hydrogen (secondary N) is 1. The summed E-state index contributed by atoms with van der Waals surface area (Å²) >= 11 is 1.83. The lowest BCUT2D eigenvalue weighted by Gasteiger charge is -2.13. The predicted molar refractivity (Wildman–Crippen MR) is 85.2 cm³/mol. The fourth-order valence-corrected chi connectivity index (χ4v) is 2.63. The highest BCUT2D eigenvalue weighted by Crippen LogP contribution is 2.34. The average molecular weight is 416 g/mol. The lowest BCUT2D eigenvalue weighted by atomic mass is 9.95. The van der Waals surface area contributed by atoms with Gasteiger partial charge in [-0.1, -0.05) is 0 Å². The molecular weight excluding hydrogens is 407 g/mol. The maximum Gasteiger partial charge on any atom is 0.342 e. The molecule has 0 aliphatic rings. The summed E-state index contributed by atoms with van der Waals surface area (Å²) in [7, 11) is 0. The third kappa shape index (κ3) is 2.62. The van der Waals surface area contributed by atoms with E-state index in [1.54, 1.807) is 0 Å². The van der Waals surface area contributed by atoms with E-state index in [-0.39, 0.29) is 16.9 Å². The van der Waals surface area contributed by atoms with Crippen molar-refractivity contribution >= 4 is 40.3 Å². The van der Waals surface area contributed by atoms with Crippen LogP contribution in [0.1, 0.15) is 20.7 Å². The molecule has 1 heterocycles. The second-order valence-electron chi connectivity index (χ2n) is 4.27. The van der Waals surface area contributed by atoms with Crippen molar-refractivity contribution in [3.8, 4) is 16.9 Å². The molecule has 0 saturated heterocycles. The Bertz CT molecular complexity index is 858. The lowest BCUT2D eigenvalue weighted by Crippen LogP contribution is -2.24. The molecule has 114 valence electrons. The molecule has 8 nitrogen and oxygen atoms in total. The number of aromatic nitrogens is 1. The minimum Gasteiger partial charge on any atom is -0.508 e. The molecule has 6 N–H and O–H groups in total. The number of hydrogen-bond acceptors (Lipinski definition) is 5. The zero-order valence-corrected chi connectivity index (χ0v) is 12.9. The molecule has 9 heteroatoms. The van der Waals surface area contributed by atoms with Gasteiger partial charge in [-0.25, -0.2) is 9.59 Å². The minimum atomic E-state index is -1.60. The number of aromatic carboxylic acids is 2. The summed E-state index contributed by atoms with van der Waals surface area (Å²) in [5.74, 6) is -3.76. The molecule has 0 atom stereocenters. The first-order chi connectivity index (χ1) is 10.2. The number of carboxylic acid groups (broad SMARTS) is 2. The zero-order chi connectivity index (χ0) is 16.6. The van der Waals surface area contributed by atoms with Crippen molar-refractivity contribution < 1.29 is 24.9 Å². The van der Waals surface area contributed by atoms with Crippen LogP contribution in [-0.4, -0.2) is 32.2 Å². The number of hydrogen-bond donors (Lipinski definition) is 5. The fourth-order valence-electron chi connectivity index (χ4n) is 2.02. The summed E-state index contributed by atoms with van der Waals surface area (Å²) in [5, 5.41) is 28.1. The number of aromatic amines is 1. The summed E-state index contributed by atoms with van der Waals surface area (Å²) in [6, 6.07) is 3.98. The second-order valence-corrected chi connectivity index (χ2v) is 5.43. The maximum absolute atomic E-state index is 11.9. The molecule has 22 heavy (non-hydrogen) atoms. The van der Waals surface area contributed by atoms with Gasteiger partial charge in [-0.2, -0.15) is 0 Å². The van der Waals surface area contributed by atoms with Crippen molar-refractivity contribution in [1.29, 1.82) is 0 Å². The van der Waals surface area contributed by atoms with Gasteiger partial charge in [0.15, 0.2) is 0 Å². The predicted octanol–water partition coefficient (Wildman–Crippen LogP) is 1.33. The molecule has 2 aromatic rings. The number of carbonyl (C=O) groups is 2. The van der Waals surface area contributed by atoms with Gasteiger partial charge in [0.1, 0.15) is 22.7 Å². The Morgan fingerprint density at radius 3 is 2.27 bits per heavy atom. The molecule has 0 fully saturated rings. The van der Waals surface area contributed by atoms with E-state index in [0.29, 0.717) is 3.57 Å². The van der Waals surface area contributed by atoms with Crippen molar-refractivity contribution in [3.63, 3.8) is 0 Å². The van der Waals surface area contributed by atoms with Crippen molar-refractivity contribution in [2.45, 2.75) is 0 Å². The minimum absolute atomic E-state index is 0.0909. The molecule has 1 aromatic heterocycles. The van der Waals surface area contributed by atoms with E-state index in [2.05, 4.69) is 0 Å². The highest BCUT2D eigenvalue weighted by atomic mass is 127. The molecule has 0 unspecified atom stereocenters. The number of nitrogen functional groups attached to an aromatic ring is 1. The van der Waals surface area contributed by atoms with Crippen molar-refractivity contribution in [1.82, 2.24) is 4.98 Å². The monoisotopic (exact) mass is 416 g/mol. The van der Waals surface area contributed by atoms with Crippen LogP contribution in [0.15, 0.2) is 23.0 Å². The highest BCUT2D eigenvalue weighted by molar-refractivity contribution is 14.1. The Morgan fingerprint density at radius 2 is 1.73 bits per heavy atom. The van der Waals surface area contributed by atoms with Crippen molar-refractivity contribution in [2.24, 2.45) is 0 Å². The highest BCUT2D eigenvalue weighted by Gasteiger charge is 2.27. The van der Waals surface area contributed by atoms with E-state index in [0.717, 1.165) is 0 Å². The van der Waals surface area contributed by atoms with Crippen LogP contribution in [0.5, 0.6) is 5.75 Å². The number of nitrogens with two attached hydrogens (primary N) is 1. The third-order valence-corrected chi connectivity index (χ3v) is 3.83. The van der Waals surface area contributed by atoms with E-state index in [9.17, 15) is 29.7 Å². The van der Waals surface area contributed by atoms with Crippen LogP contribution < -0.4 is 11.3 Å². The van der Waals surface area contributed by atoms with E-state index >= 15 is 0 Å². The van der Waals surface area contributed by atoms with E-state index in [4.69, 9.17) is 5.73 Å². The van der Waals surface area contributed by atoms with Gasteiger partial charge in [-0.15, -0.1) is 0 Å². The number of aromatic hydroxyl groups is 1. The number of anilines is 1. The molecule has 0 bridgehead atoms. The lowest BCUT2D eigenvalue weighted by molar-refractivity contribution is 0.0695. The largest absolute Gasteiger partial charge is 0.508 e. The van der Waals surface area contributed by atoms with Gasteiger partial charge in [0.25, 0.3) is 5.56 Å². The standard InChI is InChI=1S/C13H9IN2O6/c14-6-2-1-4(17)3-5(6)7-8(12(19)20)10(15)16-11(18)9(7)13(21)22/h1-3,17H,(H,19,20)(H,21,22)(H3,15,16,18). The van der Waals surface area contributed by atoms with Crippen LogP contribution in [-0.2, 0) is 0 Å². The summed E-state index contributed by atoms with van der Waals surface area (Å²) < 4.78 is 0.449. The number of phenols is 1. The zero-order valence-electron chi connectivity index (χ0n) is 10.8. The van der Waals surface area contributed by atoms with Crippen LogP contribution in [0, 0.1) is 3.57 Å². The van der Waals surface area contributed by atoms with Crippen LogP contribution in [0.25, 0.3) is 11.1 Å². The quantitative estimate of drug-likeness (QED) is 0.473. The SMILES string of the molecule is Nc1[nH]c(=O)c(C(=O)O)c(-c2cc(O)ccc2I)c1C(=O)O. The van der Waals surface area contributed by atoms with E-state index in [1.807, 2.05) is 27.6 Å². The second kappa shape index (κ2) is 5.67. The van der Waals surface area contributed by atoms with Gasteiger partial charge in [-0.05, 0) is 40.8 Å². The number of carboxylic acids is 2. The first-order valence-corrected chi connectivity index (χ1v) is 6.83. The summed E-state index contributed by atoms with van der Waals surface area (Å²) in [6.45, 7) is 0. The molecule has 0 amide bonds. The third-order valence-electron chi connectivity index (χ3n) is 2.89. The first-order valence-electron chi connectivity index (χ1n) is 5.75. The molecule has 0 radical (unpaired) electrons. The van der Waals surface area contributed by atoms with Gasteiger partial charge < -0.3 is 26.0 Å². The Morgan fingerprint density at radius 1 is 1.14 bits per heavy atom. The Kier molecular flexibility index (Phi) is 4.08. The van der Waals surface area contributed by atoms with Gasteiger partial charge in [0.2, 0.25) is 0 Å².